The van der Waals surface area contributed by atoms with Crippen LogP contribution < -0.4 is 5.32 Å². The number of hydrogen-bond acceptors (Lipinski definition) is 2. The molecule has 3 unspecified atom stereocenters. The summed E-state index contributed by atoms with van der Waals surface area (Å²) in [6.07, 6.45) is 3.67. The van der Waals surface area contributed by atoms with E-state index in [0.717, 1.165) is 5.92 Å². The maximum Gasteiger partial charge on any atom is 0.0294 e. The maximum atomic E-state index is 3.83. The fourth-order valence-electron chi connectivity index (χ4n) is 3.28. The average molecular weight is 274 g/mol. The van der Waals surface area contributed by atoms with E-state index in [0.29, 0.717) is 12.1 Å². The van der Waals surface area contributed by atoms with Crippen molar-refractivity contribution >= 4 is 0 Å². The quantitative estimate of drug-likeness (QED) is 0.882. The van der Waals surface area contributed by atoms with E-state index in [-0.39, 0.29) is 0 Å². The molecule has 1 saturated heterocycles. The molecular formula is C18H30N2. The second-order valence-electron chi connectivity index (χ2n) is 6.51. The van der Waals surface area contributed by atoms with Gasteiger partial charge in [-0.1, -0.05) is 44.5 Å². The van der Waals surface area contributed by atoms with Crippen molar-refractivity contribution in [2.45, 2.75) is 52.1 Å². The molecule has 0 aliphatic carbocycles. The van der Waals surface area contributed by atoms with Crippen LogP contribution in [0.1, 0.15) is 50.8 Å². The lowest BCUT2D eigenvalue weighted by Gasteiger charge is -2.37. The first-order chi connectivity index (χ1) is 9.60. The molecule has 1 aromatic carbocycles. The van der Waals surface area contributed by atoms with Gasteiger partial charge in [0.25, 0.3) is 0 Å². The third-order valence-electron chi connectivity index (χ3n) is 4.59. The summed E-state index contributed by atoms with van der Waals surface area (Å²) in [5.41, 5.74) is 2.87. The molecule has 0 spiro atoms. The molecule has 2 nitrogen and oxygen atoms in total. The Balaban J connectivity index is 1.92. The summed E-state index contributed by atoms with van der Waals surface area (Å²) in [6, 6.07) is 10.3. The van der Waals surface area contributed by atoms with Gasteiger partial charge < -0.3 is 10.2 Å². The van der Waals surface area contributed by atoms with Crippen LogP contribution in [0.25, 0.3) is 0 Å². The standard InChI is InChI=1S/C18H30N2/c1-5-6-16-7-9-17(10-8-16)15(3)19-18-11-12-20(4)13-14(18)2/h7-10,14-15,18-19H,5-6,11-13H2,1-4H3. The van der Waals surface area contributed by atoms with Crippen molar-refractivity contribution in [2.75, 3.05) is 20.1 Å². The Morgan fingerprint density at radius 3 is 2.60 bits per heavy atom. The fourth-order valence-corrected chi connectivity index (χ4v) is 3.28. The molecule has 0 radical (unpaired) electrons. The molecule has 3 atom stereocenters. The Labute approximate surface area is 124 Å². The van der Waals surface area contributed by atoms with E-state index >= 15 is 0 Å². The van der Waals surface area contributed by atoms with Gasteiger partial charge in [0, 0.05) is 18.6 Å². The highest BCUT2D eigenvalue weighted by Crippen LogP contribution is 2.21. The van der Waals surface area contributed by atoms with Crippen LogP contribution in [0, 0.1) is 5.92 Å². The molecule has 1 heterocycles. The van der Waals surface area contributed by atoms with Gasteiger partial charge in [-0.15, -0.1) is 0 Å². The van der Waals surface area contributed by atoms with Gasteiger partial charge in [-0.3, -0.25) is 0 Å². The van der Waals surface area contributed by atoms with Gasteiger partial charge >= 0.3 is 0 Å². The number of aryl methyl sites for hydroxylation is 1. The lowest BCUT2D eigenvalue weighted by molar-refractivity contribution is 0.168. The predicted octanol–water partition coefficient (Wildman–Crippen LogP) is 3.63. The highest BCUT2D eigenvalue weighted by Gasteiger charge is 2.25. The van der Waals surface area contributed by atoms with E-state index in [1.54, 1.807) is 0 Å². The van der Waals surface area contributed by atoms with Crippen LogP contribution in [0.4, 0.5) is 0 Å². The minimum Gasteiger partial charge on any atom is -0.307 e. The van der Waals surface area contributed by atoms with Crippen molar-refractivity contribution < 1.29 is 0 Å². The Morgan fingerprint density at radius 2 is 2.00 bits per heavy atom. The number of likely N-dealkylation sites (tertiary alicyclic amines) is 1. The average Bonchev–Trinajstić information content (AvgIpc) is 2.43. The van der Waals surface area contributed by atoms with Crippen LogP contribution in [0.5, 0.6) is 0 Å². The number of piperidine rings is 1. The highest BCUT2D eigenvalue weighted by atomic mass is 15.1. The summed E-state index contributed by atoms with van der Waals surface area (Å²) in [5, 5.41) is 3.83. The molecule has 2 rings (SSSR count). The molecule has 0 aromatic heterocycles. The van der Waals surface area contributed by atoms with Crippen molar-refractivity contribution in [1.29, 1.82) is 0 Å². The molecule has 1 aromatic rings. The number of rotatable bonds is 5. The van der Waals surface area contributed by atoms with Gasteiger partial charge in [0.1, 0.15) is 0 Å². The van der Waals surface area contributed by atoms with Crippen LogP contribution in [0.2, 0.25) is 0 Å². The summed E-state index contributed by atoms with van der Waals surface area (Å²) >= 11 is 0. The van der Waals surface area contributed by atoms with Crippen LogP contribution >= 0.6 is 0 Å². The molecule has 2 heteroatoms. The second-order valence-corrected chi connectivity index (χ2v) is 6.51. The fraction of sp³-hybridized carbons (Fsp3) is 0.667. The van der Waals surface area contributed by atoms with Gasteiger partial charge in [0.2, 0.25) is 0 Å². The van der Waals surface area contributed by atoms with Crippen LogP contribution in [0.15, 0.2) is 24.3 Å². The minimum atomic E-state index is 0.446. The van der Waals surface area contributed by atoms with Gasteiger partial charge in [-0.25, -0.2) is 0 Å². The third kappa shape index (κ3) is 4.07. The van der Waals surface area contributed by atoms with Crippen LogP contribution in [0.3, 0.4) is 0 Å². The summed E-state index contributed by atoms with van der Waals surface area (Å²) < 4.78 is 0. The minimum absolute atomic E-state index is 0.446. The number of hydrogen-bond donors (Lipinski definition) is 1. The smallest absolute Gasteiger partial charge is 0.0294 e. The Hall–Kier alpha value is -0.860. The van der Waals surface area contributed by atoms with E-state index in [1.165, 1.54) is 43.5 Å². The number of nitrogens with zero attached hydrogens (tertiary/aromatic N) is 1. The largest absolute Gasteiger partial charge is 0.307 e. The van der Waals surface area contributed by atoms with E-state index in [4.69, 9.17) is 0 Å². The summed E-state index contributed by atoms with van der Waals surface area (Å²) in [7, 11) is 2.22. The monoisotopic (exact) mass is 274 g/mol. The number of nitrogens with one attached hydrogen (secondary N) is 1. The molecule has 0 bridgehead atoms. The van der Waals surface area contributed by atoms with Crippen molar-refractivity contribution in [2.24, 2.45) is 5.92 Å². The SMILES string of the molecule is CCCc1ccc(C(C)NC2CCN(C)CC2C)cc1. The molecule has 0 amide bonds. The lowest BCUT2D eigenvalue weighted by Crippen LogP contribution is -2.47. The van der Waals surface area contributed by atoms with Crippen molar-refractivity contribution in [3.8, 4) is 0 Å². The van der Waals surface area contributed by atoms with Gasteiger partial charge in [0.15, 0.2) is 0 Å². The molecule has 0 saturated carbocycles. The first kappa shape index (κ1) is 15.5. The van der Waals surface area contributed by atoms with Crippen LogP contribution in [-0.2, 0) is 6.42 Å². The Morgan fingerprint density at radius 1 is 1.30 bits per heavy atom. The molecule has 1 N–H and O–H groups in total. The zero-order valence-electron chi connectivity index (χ0n) is 13.5. The normalized spacial score (nSPS) is 25.6. The van der Waals surface area contributed by atoms with Crippen LogP contribution in [-0.4, -0.2) is 31.1 Å². The highest BCUT2D eigenvalue weighted by molar-refractivity contribution is 5.25. The summed E-state index contributed by atoms with van der Waals surface area (Å²) in [4.78, 5) is 2.44. The van der Waals surface area contributed by atoms with Gasteiger partial charge in [0.05, 0.1) is 0 Å². The van der Waals surface area contributed by atoms with E-state index in [2.05, 4.69) is 62.3 Å². The Bertz CT molecular complexity index is 398. The lowest BCUT2D eigenvalue weighted by atomic mass is 9.92. The molecule has 20 heavy (non-hydrogen) atoms. The maximum absolute atomic E-state index is 3.83. The van der Waals surface area contributed by atoms with Crippen molar-refractivity contribution in [3.63, 3.8) is 0 Å². The predicted molar refractivity (Wildman–Crippen MR) is 87.1 cm³/mol. The molecular weight excluding hydrogens is 244 g/mol. The van der Waals surface area contributed by atoms with Crippen molar-refractivity contribution in [1.82, 2.24) is 10.2 Å². The zero-order valence-corrected chi connectivity index (χ0v) is 13.5. The zero-order chi connectivity index (χ0) is 14.5. The van der Waals surface area contributed by atoms with E-state index in [1.807, 2.05) is 0 Å². The Kier molecular flexibility index (Phi) is 5.62. The summed E-state index contributed by atoms with van der Waals surface area (Å²) in [6.45, 7) is 9.31. The third-order valence-corrected chi connectivity index (χ3v) is 4.59. The second kappa shape index (κ2) is 7.24. The van der Waals surface area contributed by atoms with Gasteiger partial charge in [-0.2, -0.15) is 0 Å². The topological polar surface area (TPSA) is 15.3 Å². The van der Waals surface area contributed by atoms with E-state index in [9.17, 15) is 0 Å². The molecule has 1 aliphatic rings. The van der Waals surface area contributed by atoms with Gasteiger partial charge in [-0.05, 0) is 50.4 Å². The van der Waals surface area contributed by atoms with E-state index < -0.39 is 0 Å². The molecule has 1 fully saturated rings. The molecule has 1 aliphatic heterocycles. The van der Waals surface area contributed by atoms with Crippen molar-refractivity contribution in [3.05, 3.63) is 35.4 Å². The first-order valence-corrected chi connectivity index (χ1v) is 8.13. The summed E-state index contributed by atoms with van der Waals surface area (Å²) in [5.74, 6) is 0.732. The molecule has 112 valence electrons. The first-order valence-electron chi connectivity index (χ1n) is 8.13. The number of benzene rings is 1.